The molecule has 0 spiro atoms. The third kappa shape index (κ3) is 6.08. The summed E-state index contributed by atoms with van der Waals surface area (Å²) in [6.07, 6.45) is 0. The molecule has 9 heteroatoms. The molecule has 1 heterocycles. The van der Waals surface area contributed by atoms with Gasteiger partial charge in [-0.3, -0.25) is 4.79 Å². The van der Waals surface area contributed by atoms with Crippen LogP contribution in [0.15, 0.2) is 35.3 Å². The molecule has 2 aromatic rings. The van der Waals surface area contributed by atoms with Gasteiger partial charge in [0.15, 0.2) is 5.96 Å². The lowest BCUT2D eigenvalue weighted by molar-refractivity contribution is 0.0954. The van der Waals surface area contributed by atoms with Crippen LogP contribution in [-0.4, -0.2) is 41.2 Å². The Bertz CT molecular complexity index is 803. The van der Waals surface area contributed by atoms with Gasteiger partial charge in [0.25, 0.3) is 5.91 Å². The number of guanidine groups is 1. The highest BCUT2D eigenvalue weighted by Crippen LogP contribution is 2.25. The molecule has 1 aromatic heterocycles. The number of nitrogens with one attached hydrogen (secondary N) is 3. The molecule has 1 aromatic carbocycles. The Balaban J connectivity index is 1.84. The van der Waals surface area contributed by atoms with Gasteiger partial charge in [0.1, 0.15) is 10.9 Å². The number of carbonyl (C=O) groups is 1. The maximum Gasteiger partial charge on any atom is 0.251 e. The van der Waals surface area contributed by atoms with E-state index in [1.807, 2.05) is 14.0 Å². The second-order valence-corrected chi connectivity index (χ2v) is 6.52. The van der Waals surface area contributed by atoms with Crippen molar-refractivity contribution in [2.45, 2.75) is 13.5 Å². The van der Waals surface area contributed by atoms with Crippen molar-refractivity contribution in [3.05, 3.63) is 51.8 Å². The van der Waals surface area contributed by atoms with Crippen molar-refractivity contribution in [1.82, 2.24) is 20.5 Å². The number of nitrogens with zero attached hydrogens (tertiary/aromatic N) is 2. The second kappa shape index (κ2) is 10.1. The van der Waals surface area contributed by atoms with Crippen molar-refractivity contribution in [2.75, 3.05) is 19.6 Å². The number of hydrogen-bond acceptors (Lipinski definition) is 3. The zero-order valence-electron chi connectivity index (χ0n) is 15.2. The largest absolute Gasteiger partial charge is 0.508 e. The number of rotatable bonds is 7. The molecule has 0 radical (unpaired) electrons. The van der Waals surface area contributed by atoms with Crippen LogP contribution in [-0.2, 0) is 13.6 Å². The molecule has 1 amide bonds. The molecule has 0 atom stereocenters. The predicted molar refractivity (Wildman–Crippen MR) is 109 cm³/mol. The first-order chi connectivity index (χ1) is 12.9. The summed E-state index contributed by atoms with van der Waals surface area (Å²) in [5.74, 6) is 0.553. The van der Waals surface area contributed by atoms with E-state index in [1.165, 1.54) is 12.1 Å². The maximum absolute atomic E-state index is 12.0. The molecule has 2 rings (SSSR count). The zero-order chi connectivity index (χ0) is 19.8. The first-order valence-corrected chi connectivity index (χ1v) is 9.27. The quantitative estimate of drug-likeness (QED) is 0.320. The maximum atomic E-state index is 12.0. The van der Waals surface area contributed by atoms with E-state index in [1.54, 1.807) is 22.8 Å². The van der Waals surface area contributed by atoms with Gasteiger partial charge in [-0.15, -0.1) is 0 Å². The highest BCUT2D eigenvalue weighted by atomic mass is 35.5. The van der Waals surface area contributed by atoms with E-state index in [4.69, 9.17) is 23.2 Å². The van der Waals surface area contributed by atoms with Crippen LogP contribution < -0.4 is 16.0 Å². The lowest BCUT2D eigenvalue weighted by Crippen LogP contribution is -2.41. The van der Waals surface area contributed by atoms with Crippen LogP contribution in [0.3, 0.4) is 0 Å². The van der Waals surface area contributed by atoms with E-state index in [9.17, 15) is 9.90 Å². The summed E-state index contributed by atoms with van der Waals surface area (Å²) in [5, 5.41) is 19.3. The van der Waals surface area contributed by atoms with Crippen molar-refractivity contribution in [1.29, 1.82) is 0 Å². The summed E-state index contributed by atoms with van der Waals surface area (Å²) in [6, 6.07) is 7.88. The predicted octanol–water partition coefficient (Wildman–Crippen LogP) is 2.52. The number of aliphatic imine (C=N–C) groups is 1. The molecule has 27 heavy (non-hydrogen) atoms. The van der Waals surface area contributed by atoms with E-state index in [-0.39, 0.29) is 11.7 Å². The number of carbonyl (C=O) groups excluding carboxylic acids is 1. The molecule has 0 saturated carbocycles. The van der Waals surface area contributed by atoms with Crippen LogP contribution in [0.25, 0.3) is 0 Å². The van der Waals surface area contributed by atoms with Gasteiger partial charge in [-0.2, -0.15) is 0 Å². The highest BCUT2D eigenvalue weighted by Gasteiger charge is 2.09. The first kappa shape index (κ1) is 20.9. The summed E-state index contributed by atoms with van der Waals surface area (Å²) in [4.78, 5) is 16.5. The summed E-state index contributed by atoms with van der Waals surface area (Å²) in [7, 11) is 1.83. The molecular weight excluding hydrogens is 389 g/mol. The Labute approximate surface area is 168 Å². The van der Waals surface area contributed by atoms with Crippen molar-refractivity contribution in [3.63, 3.8) is 0 Å². The van der Waals surface area contributed by atoms with E-state index >= 15 is 0 Å². The van der Waals surface area contributed by atoms with Gasteiger partial charge in [0, 0.05) is 37.9 Å². The molecule has 0 fully saturated rings. The first-order valence-electron chi connectivity index (χ1n) is 8.51. The number of hydrogen-bond donors (Lipinski definition) is 4. The van der Waals surface area contributed by atoms with Crippen LogP contribution in [0.2, 0.25) is 10.2 Å². The number of aromatic hydroxyl groups is 1. The fraction of sp³-hybridized carbons (Fsp3) is 0.333. The Morgan fingerprint density at radius 2 is 1.81 bits per heavy atom. The molecule has 0 aliphatic carbocycles. The molecule has 4 N–H and O–H groups in total. The van der Waals surface area contributed by atoms with Crippen LogP contribution in [0.1, 0.15) is 23.0 Å². The normalized spacial score (nSPS) is 11.3. The zero-order valence-corrected chi connectivity index (χ0v) is 16.7. The Kier molecular flexibility index (Phi) is 7.82. The fourth-order valence-electron chi connectivity index (χ4n) is 2.31. The number of halogens is 2. The highest BCUT2D eigenvalue weighted by molar-refractivity contribution is 6.41. The lowest BCUT2D eigenvalue weighted by Gasteiger charge is -2.12. The van der Waals surface area contributed by atoms with Gasteiger partial charge in [-0.25, -0.2) is 4.99 Å². The average Bonchev–Trinajstić information content (AvgIpc) is 2.90. The van der Waals surface area contributed by atoms with Crippen molar-refractivity contribution in [2.24, 2.45) is 12.0 Å². The molecule has 146 valence electrons. The number of phenolic OH excluding ortho intramolecular Hbond substituents is 1. The molecule has 0 bridgehead atoms. The van der Waals surface area contributed by atoms with Crippen molar-refractivity contribution in [3.8, 4) is 5.75 Å². The fourth-order valence-corrected chi connectivity index (χ4v) is 2.73. The van der Waals surface area contributed by atoms with Gasteiger partial charge in [-0.1, -0.05) is 23.2 Å². The summed E-state index contributed by atoms with van der Waals surface area (Å²) < 4.78 is 1.79. The minimum atomic E-state index is -0.202. The van der Waals surface area contributed by atoms with E-state index in [0.717, 1.165) is 5.69 Å². The van der Waals surface area contributed by atoms with Crippen molar-refractivity contribution < 1.29 is 9.90 Å². The van der Waals surface area contributed by atoms with Crippen LogP contribution in [0.5, 0.6) is 5.75 Å². The van der Waals surface area contributed by atoms with Crippen LogP contribution in [0, 0.1) is 0 Å². The van der Waals surface area contributed by atoms with Crippen LogP contribution >= 0.6 is 23.2 Å². The molecule has 0 saturated heterocycles. The average molecular weight is 412 g/mol. The lowest BCUT2D eigenvalue weighted by atomic mass is 10.2. The molecule has 0 unspecified atom stereocenters. The smallest absolute Gasteiger partial charge is 0.251 e. The van der Waals surface area contributed by atoms with Gasteiger partial charge in [0.05, 0.1) is 11.6 Å². The Hall–Kier alpha value is -2.38. The van der Waals surface area contributed by atoms with E-state index < -0.39 is 0 Å². The Morgan fingerprint density at radius 3 is 2.41 bits per heavy atom. The summed E-state index contributed by atoms with van der Waals surface area (Å²) >= 11 is 12.1. The Morgan fingerprint density at radius 1 is 1.15 bits per heavy atom. The number of aromatic nitrogens is 1. The van der Waals surface area contributed by atoms with Gasteiger partial charge < -0.3 is 25.6 Å². The van der Waals surface area contributed by atoms with E-state index in [0.29, 0.717) is 47.9 Å². The van der Waals surface area contributed by atoms with Gasteiger partial charge in [-0.05, 0) is 37.3 Å². The molecule has 0 aliphatic rings. The van der Waals surface area contributed by atoms with E-state index in [2.05, 4.69) is 20.9 Å². The number of benzene rings is 1. The SMILES string of the molecule is CCNC(=NCc1cc(Cl)c(Cl)n1C)NCCNC(=O)c1ccc(O)cc1. The van der Waals surface area contributed by atoms with Gasteiger partial charge in [0.2, 0.25) is 0 Å². The van der Waals surface area contributed by atoms with Crippen LogP contribution in [0.4, 0.5) is 0 Å². The second-order valence-electron chi connectivity index (χ2n) is 5.76. The monoisotopic (exact) mass is 411 g/mol. The summed E-state index contributed by atoms with van der Waals surface area (Å²) in [5.41, 5.74) is 1.38. The molecular formula is C18H23Cl2N5O2. The topological polar surface area (TPSA) is 90.7 Å². The third-order valence-electron chi connectivity index (χ3n) is 3.79. The summed E-state index contributed by atoms with van der Waals surface area (Å²) in [6.45, 7) is 4.02. The molecule has 0 aliphatic heterocycles. The standard InChI is InChI=1S/C18H23Cl2N5O2/c1-3-21-18(24-11-13-10-15(19)16(20)25(13)2)23-9-8-22-17(27)12-4-6-14(26)7-5-12/h4-7,10,26H,3,8-9,11H2,1-2H3,(H,22,27)(H2,21,23,24). The molecule has 7 nitrogen and oxygen atoms in total. The van der Waals surface area contributed by atoms with Crippen molar-refractivity contribution >= 4 is 35.1 Å². The number of amides is 1. The minimum Gasteiger partial charge on any atom is -0.508 e. The number of phenols is 1. The third-order valence-corrected chi connectivity index (χ3v) is 4.63. The van der Waals surface area contributed by atoms with Gasteiger partial charge >= 0.3 is 0 Å². The minimum absolute atomic E-state index is 0.125.